The van der Waals surface area contributed by atoms with Crippen LogP contribution in [0.1, 0.15) is 11.1 Å². The smallest absolute Gasteiger partial charge is 0.191 e. The molecule has 5 nitrogen and oxygen atoms in total. The summed E-state index contributed by atoms with van der Waals surface area (Å²) in [5, 5.41) is 11.7. The van der Waals surface area contributed by atoms with Crippen molar-refractivity contribution in [3.05, 3.63) is 83.1 Å². The number of nitrogens with zero attached hydrogens (tertiary/aromatic N) is 3. The predicted octanol–water partition coefficient (Wildman–Crippen LogP) is 3.39. The Morgan fingerprint density at radius 1 is 1.00 bits per heavy atom. The lowest BCUT2D eigenvalue weighted by Crippen LogP contribution is -2.36. The van der Waals surface area contributed by atoms with Crippen LogP contribution in [-0.2, 0) is 13.1 Å². The molecule has 1 heterocycles. The standard InChI is InChI=1S/C19H20ClN5/c1-21-19(22-11-15-7-9-17(20)10-8-15)23-12-16-13-24-25(14-16)18-5-3-2-4-6-18/h2-10,13-14H,11-12H2,1H3,(H2,21,22,23). The maximum absolute atomic E-state index is 5.90. The van der Waals surface area contributed by atoms with E-state index in [2.05, 4.69) is 20.7 Å². The fraction of sp³-hybridized carbons (Fsp3) is 0.158. The van der Waals surface area contributed by atoms with E-state index in [0.29, 0.717) is 13.1 Å². The number of guanidine groups is 1. The zero-order valence-corrected chi connectivity index (χ0v) is 14.7. The number of aliphatic imine (C=N–C) groups is 1. The summed E-state index contributed by atoms with van der Waals surface area (Å²) in [5.74, 6) is 0.738. The van der Waals surface area contributed by atoms with Gasteiger partial charge in [-0.25, -0.2) is 4.68 Å². The predicted molar refractivity (Wildman–Crippen MR) is 102 cm³/mol. The van der Waals surface area contributed by atoms with Gasteiger partial charge in [0.05, 0.1) is 11.9 Å². The molecule has 1 aromatic heterocycles. The number of para-hydroxylation sites is 1. The van der Waals surface area contributed by atoms with Crippen LogP contribution in [-0.4, -0.2) is 22.8 Å². The molecule has 6 heteroatoms. The molecular weight excluding hydrogens is 334 g/mol. The molecule has 0 aliphatic carbocycles. The number of halogens is 1. The molecule has 25 heavy (non-hydrogen) atoms. The Hall–Kier alpha value is -2.79. The van der Waals surface area contributed by atoms with E-state index in [1.54, 1.807) is 7.05 Å². The van der Waals surface area contributed by atoms with Gasteiger partial charge in [0.15, 0.2) is 5.96 Å². The minimum Gasteiger partial charge on any atom is -0.352 e. The Kier molecular flexibility index (Phi) is 5.69. The summed E-state index contributed by atoms with van der Waals surface area (Å²) in [6, 6.07) is 17.8. The van der Waals surface area contributed by atoms with Crippen molar-refractivity contribution in [1.29, 1.82) is 0 Å². The van der Waals surface area contributed by atoms with Crippen molar-refractivity contribution >= 4 is 17.6 Å². The number of nitrogens with one attached hydrogen (secondary N) is 2. The molecule has 0 aliphatic rings. The molecule has 0 fully saturated rings. The number of rotatable bonds is 5. The van der Waals surface area contributed by atoms with E-state index in [-0.39, 0.29) is 0 Å². The van der Waals surface area contributed by atoms with E-state index < -0.39 is 0 Å². The van der Waals surface area contributed by atoms with Crippen LogP contribution >= 0.6 is 11.6 Å². The van der Waals surface area contributed by atoms with E-state index in [1.165, 1.54) is 0 Å². The lowest BCUT2D eigenvalue weighted by molar-refractivity contribution is 0.808. The average Bonchev–Trinajstić information content (AvgIpc) is 3.13. The van der Waals surface area contributed by atoms with E-state index >= 15 is 0 Å². The van der Waals surface area contributed by atoms with Crippen molar-refractivity contribution in [3.8, 4) is 5.69 Å². The van der Waals surface area contributed by atoms with Crippen LogP contribution in [0.15, 0.2) is 72.0 Å². The quantitative estimate of drug-likeness (QED) is 0.546. The summed E-state index contributed by atoms with van der Waals surface area (Å²) in [5.41, 5.74) is 3.27. The van der Waals surface area contributed by atoms with Crippen molar-refractivity contribution in [2.24, 2.45) is 4.99 Å². The average molecular weight is 354 g/mol. The summed E-state index contributed by atoms with van der Waals surface area (Å²) >= 11 is 5.90. The molecular formula is C19H20ClN5. The molecule has 0 atom stereocenters. The van der Waals surface area contributed by atoms with Crippen molar-refractivity contribution in [2.75, 3.05) is 7.05 Å². The highest BCUT2D eigenvalue weighted by Gasteiger charge is 2.03. The molecule has 3 rings (SSSR count). The molecule has 0 saturated carbocycles. The summed E-state index contributed by atoms with van der Waals surface area (Å²) < 4.78 is 1.86. The molecule has 0 spiro atoms. The van der Waals surface area contributed by atoms with Gasteiger partial charge in [0.2, 0.25) is 0 Å². The first-order valence-corrected chi connectivity index (χ1v) is 8.40. The number of hydrogen-bond acceptors (Lipinski definition) is 2. The third-order valence-electron chi connectivity index (χ3n) is 3.71. The fourth-order valence-electron chi connectivity index (χ4n) is 2.37. The third kappa shape index (κ3) is 4.84. The normalized spacial score (nSPS) is 11.4. The van der Waals surface area contributed by atoms with Crippen LogP contribution in [0.5, 0.6) is 0 Å². The Balaban J connectivity index is 1.53. The second kappa shape index (κ2) is 8.35. The van der Waals surface area contributed by atoms with E-state index in [1.807, 2.05) is 71.7 Å². The third-order valence-corrected chi connectivity index (χ3v) is 3.97. The van der Waals surface area contributed by atoms with Gasteiger partial charge in [-0.05, 0) is 29.8 Å². The summed E-state index contributed by atoms with van der Waals surface area (Å²) in [6.45, 7) is 1.33. The molecule has 0 radical (unpaired) electrons. The van der Waals surface area contributed by atoms with Gasteiger partial charge in [0.1, 0.15) is 0 Å². The maximum Gasteiger partial charge on any atom is 0.191 e. The van der Waals surface area contributed by atoms with Gasteiger partial charge in [-0.3, -0.25) is 4.99 Å². The Morgan fingerprint density at radius 2 is 1.68 bits per heavy atom. The number of hydrogen-bond donors (Lipinski definition) is 2. The molecule has 128 valence electrons. The van der Waals surface area contributed by atoms with Crippen LogP contribution < -0.4 is 10.6 Å². The van der Waals surface area contributed by atoms with E-state index in [0.717, 1.165) is 27.8 Å². The molecule has 0 bridgehead atoms. The number of aromatic nitrogens is 2. The summed E-state index contributed by atoms with van der Waals surface area (Å²) in [7, 11) is 1.75. The second-order valence-electron chi connectivity index (χ2n) is 5.53. The van der Waals surface area contributed by atoms with Gasteiger partial charge in [0, 0.05) is 36.9 Å². The molecule has 0 amide bonds. The fourth-order valence-corrected chi connectivity index (χ4v) is 2.49. The first kappa shape index (κ1) is 17.0. The van der Waals surface area contributed by atoms with Crippen LogP contribution in [0, 0.1) is 0 Å². The van der Waals surface area contributed by atoms with Crippen molar-refractivity contribution in [1.82, 2.24) is 20.4 Å². The molecule has 0 unspecified atom stereocenters. The largest absolute Gasteiger partial charge is 0.352 e. The van der Waals surface area contributed by atoms with Crippen LogP contribution in [0.4, 0.5) is 0 Å². The van der Waals surface area contributed by atoms with Crippen molar-refractivity contribution < 1.29 is 0 Å². The van der Waals surface area contributed by atoms with Gasteiger partial charge < -0.3 is 10.6 Å². The molecule has 3 aromatic rings. The zero-order chi connectivity index (χ0) is 17.5. The Labute approximate surface area is 152 Å². The summed E-state index contributed by atoms with van der Waals surface area (Å²) in [6.07, 6.45) is 3.86. The van der Waals surface area contributed by atoms with Gasteiger partial charge >= 0.3 is 0 Å². The van der Waals surface area contributed by atoms with Crippen LogP contribution in [0.25, 0.3) is 5.69 Å². The van der Waals surface area contributed by atoms with Gasteiger partial charge in [-0.15, -0.1) is 0 Å². The molecule has 2 aromatic carbocycles. The second-order valence-corrected chi connectivity index (χ2v) is 5.97. The summed E-state index contributed by atoms with van der Waals surface area (Å²) in [4.78, 5) is 4.24. The molecule has 0 aliphatic heterocycles. The van der Waals surface area contributed by atoms with Gasteiger partial charge in [-0.1, -0.05) is 41.9 Å². The van der Waals surface area contributed by atoms with E-state index in [4.69, 9.17) is 11.6 Å². The molecule has 2 N–H and O–H groups in total. The number of benzene rings is 2. The molecule has 0 saturated heterocycles. The van der Waals surface area contributed by atoms with Crippen molar-refractivity contribution in [2.45, 2.75) is 13.1 Å². The zero-order valence-electron chi connectivity index (χ0n) is 14.0. The first-order valence-electron chi connectivity index (χ1n) is 8.02. The Morgan fingerprint density at radius 3 is 2.36 bits per heavy atom. The SMILES string of the molecule is CN=C(NCc1ccc(Cl)cc1)NCc1cnn(-c2ccccc2)c1. The van der Waals surface area contributed by atoms with E-state index in [9.17, 15) is 0 Å². The van der Waals surface area contributed by atoms with Gasteiger partial charge in [0.25, 0.3) is 0 Å². The lowest BCUT2D eigenvalue weighted by atomic mass is 10.2. The van der Waals surface area contributed by atoms with Crippen LogP contribution in [0.3, 0.4) is 0 Å². The van der Waals surface area contributed by atoms with Crippen LogP contribution in [0.2, 0.25) is 5.02 Å². The monoisotopic (exact) mass is 353 g/mol. The highest BCUT2D eigenvalue weighted by atomic mass is 35.5. The maximum atomic E-state index is 5.90. The Bertz CT molecular complexity index is 825. The minimum absolute atomic E-state index is 0.646. The van der Waals surface area contributed by atoms with Gasteiger partial charge in [-0.2, -0.15) is 5.10 Å². The lowest BCUT2D eigenvalue weighted by Gasteiger charge is -2.11. The highest BCUT2D eigenvalue weighted by molar-refractivity contribution is 6.30. The minimum atomic E-state index is 0.646. The topological polar surface area (TPSA) is 54.2 Å². The highest BCUT2D eigenvalue weighted by Crippen LogP contribution is 2.09. The first-order chi connectivity index (χ1) is 12.2. The van der Waals surface area contributed by atoms with Crippen molar-refractivity contribution in [3.63, 3.8) is 0 Å².